The number of benzene rings is 2. The van der Waals surface area contributed by atoms with E-state index < -0.39 is 0 Å². The lowest BCUT2D eigenvalue weighted by Gasteiger charge is -2.14. The topological polar surface area (TPSA) is 39.9 Å². The minimum atomic E-state index is 0.141. The van der Waals surface area contributed by atoms with E-state index in [9.17, 15) is 0 Å². The summed E-state index contributed by atoms with van der Waals surface area (Å²) in [7, 11) is 1.65. The maximum Gasteiger partial charge on any atom is 0.192 e. The van der Waals surface area contributed by atoms with E-state index in [0.717, 1.165) is 32.9 Å². The van der Waals surface area contributed by atoms with Crippen LogP contribution in [0, 0.1) is 0 Å². The van der Waals surface area contributed by atoms with E-state index >= 15 is 0 Å². The summed E-state index contributed by atoms with van der Waals surface area (Å²) in [6, 6.07) is 15.7. The predicted octanol–water partition coefficient (Wildman–Crippen LogP) is 5.65. The van der Waals surface area contributed by atoms with Crippen LogP contribution in [-0.2, 0) is 6.54 Å². The summed E-state index contributed by atoms with van der Waals surface area (Å²) in [5.41, 5.74) is 1.98. The molecule has 1 atom stereocenters. The predicted molar refractivity (Wildman–Crippen MR) is 108 cm³/mol. The first-order chi connectivity index (χ1) is 12.7. The molecule has 0 fully saturated rings. The van der Waals surface area contributed by atoms with Crippen LogP contribution in [0.25, 0.3) is 11.4 Å². The molecule has 0 unspecified atom stereocenters. The number of hydrogen-bond acceptors (Lipinski definition) is 4. The number of nitrogens with zero attached hydrogens (tertiary/aromatic N) is 3. The Morgan fingerprint density at radius 2 is 1.92 bits per heavy atom. The van der Waals surface area contributed by atoms with Crippen molar-refractivity contribution < 1.29 is 4.74 Å². The Bertz CT molecular complexity index is 910. The van der Waals surface area contributed by atoms with E-state index in [1.807, 2.05) is 59.2 Å². The molecule has 0 saturated carbocycles. The third kappa shape index (κ3) is 3.79. The SMILES string of the molecule is C=CCn1c(S[C@@H](C)c2ccccc2Cl)nnc1-c1ccccc1OC. The van der Waals surface area contributed by atoms with E-state index in [2.05, 4.69) is 23.7 Å². The van der Waals surface area contributed by atoms with Crippen molar-refractivity contribution in [2.24, 2.45) is 0 Å². The lowest BCUT2D eigenvalue weighted by molar-refractivity contribution is 0.416. The van der Waals surface area contributed by atoms with Crippen LogP contribution in [-0.4, -0.2) is 21.9 Å². The van der Waals surface area contributed by atoms with Gasteiger partial charge in [-0.1, -0.05) is 59.8 Å². The number of ether oxygens (including phenoxy) is 1. The summed E-state index contributed by atoms with van der Waals surface area (Å²) in [4.78, 5) is 0. The molecule has 0 spiro atoms. The fourth-order valence-electron chi connectivity index (χ4n) is 2.72. The summed E-state index contributed by atoms with van der Waals surface area (Å²) in [5.74, 6) is 1.53. The molecule has 3 aromatic rings. The van der Waals surface area contributed by atoms with Crippen molar-refractivity contribution in [3.8, 4) is 17.1 Å². The van der Waals surface area contributed by atoms with Gasteiger partial charge in [-0.15, -0.1) is 16.8 Å². The standard InChI is InChI=1S/C20H20ClN3OS/c1-4-13-24-19(16-10-6-8-12-18(16)25-3)22-23-20(24)26-14(2)15-9-5-7-11-17(15)21/h4-12,14H,1,13H2,2-3H3/t14-/m0/s1. The van der Waals surface area contributed by atoms with Crippen LogP contribution in [0.4, 0.5) is 0 Å². The molecule has 0 bridgehead atoms. The van der Waals surface area contributed by atoms with E-state index in [4.69, 9.17) is 16.3 Å². The molecular formula is C20H20ClN3OS. The van der Waals surface area contributed by atoms with Gasteiger partial charge in [0.1, 0.15) is 5.75 Å². The molecule has 134 valence electrons. The van der Waals surface area contributed by atoms with E-state index in [-0.39, 0.29) is 5.25 Å². The molecule has 4 nitrogen and oxygen atoms in total. The van der Waals surface area contributed by atoms with Gasteiger partial charge in [0, 0.05) is 16.8 Å². The van der Waals surface area contributed by atoms with Gasteiger partial charge in [0.2, 0.25) is 0 Å². The van der Waals surface area contributed by atoms with Gasteiger partial charge >= 0.3 is 0 Å². The first-order valence-corrected chi connectivity index (χ1v) is 9.50. The summed E-state index contributed by atoms with van der Waals surface area (Å²) in [6.07, 6.45) is 1.84. The Hall–Kier alpha value is -2.24. The average Bonchev–Trinajstić information content (AvgIpc) is 3.04. The third-order valence-electron chi connectivity index (χ3n) is 4.00. The molecule has 1 aromatic heterocycles. The maximum absolute atomic E-state index is 6.34. The quantitative estimate of drug-likeness (QED) is 0.389. The molecule has 2 aromatic carbocycles. The highest BCUT2D eigenvalue weighted by atomic mass is 35.5. The molecule has 0 saturated heterocycles. The normalized spacial score (nSPS) is 12.0. The lowest BCUT2D eigenvalue weighted by Crippen LogP contribution is -2.02. The summed E-state index contributed by atoms with van der Waals surface area (Å²) >= 11 is 7.96. The van der Waals surface area contributed by atoms with Crippen LogP contribution in [0.3, 0.4) is 0 Å². The van der Waals surface area contributed by atoms with Crippen molar-refractivity contribution in [2.45, 2.75) is 23.9 Å². The second-order valence-electron chi connectivity index (χ2n) is 5.69. The smallest absolute Gasteiger partial charge is 0.192 e. The van der Waals surface area contributed by atoms with E-state index in [0.29, 0.717) is 6.54 Å². The fraction of sp³-hybridized carbons (Fsp3) is 0.200. The number of hydrogen-bond donors (Lipinski definition) is 0. The maximum atomic E-state index is 6.34. The zero-order valence-electron chi connectivity index (χ0n) is 14.7. The van der Waals surface area contributed by atoms with Gasteiger partial charge in [-0.2, -0.15) is 0 Å². The van der Waals surface area contributed by atoms with E-state index in [1.54, 1.807) is 18.9 Å². The van der Waals surface area contributed by atoms with Crippen molar-refractivity contribution in [1.29, 1.82) is 0 Å². The Morgan fingerprint density at radius 3 is 2.65 bits per heavy atom. The fourth-order valence-corrected chi connectivity index (χ4v) is 4.11. The average molecular weight is 386 g/mol. The third-order valence-corrected chi connectivity index (χ3v) is 5.47. The largest absolute Gasteiger partial charge is 0.496 e. The van der Waals surface area contributed by atoms with Gasteiger partial charge in [-0.3, -0.25) is 4.57 Å². The second kappa shape index (κ2) is 8.43. The molecule has 0 radical (unpaired) electrons. The zero-order valence-corrected chi connectivity index (χ0v) is 16.3. The first kappa shape index (κ1) is 18.5. The summed E-state index contributed by atoms with van der Waals surface area (Å²) in [5, 5.41) is 10.5. The number of halogens is 1. The lowest BCUT2D eigenvalue weighted by atomic mass is 10.2. The summed E-state index contributed by atoms with van der Waals surface area (Å²) in [6.45, 7) is 6.59. The van der Waals surface area contributed by atoms with Gasteiger partial charge in [0.15, 0.2) is 11.0 Å². The Kier molecular flexibility index (Phi) is 6.01. The minimum absolute atomic E-state index is 0.141. The Morgan fingerprint density at radius 1 is 1.19 bits per heavy atom. The van der Waals surface area contributed by atoms with Crippen LogP contribution < -0.4 is 4.74 Å². The molecule has 3 rings (SSSR count). The molecule has 0 amide bonds. The zero-order chi connectivity index (χ0) is 18.5. The van der Waals surface area contributed by atoms with Gasteiger partial charge in [-0.25, -0.2) is 0 Å². The number of methoxy groups -OCH3 is 1. The minimum Gasteiger partial charge on any atom is -0.496 e. The van der Waals surface area contributed by atoms with Crippen molar-refractivity contribution in [2.75, 3.05) is 7.11 Å². The molecule has 0 aliphatic heterocycles. The van der Waals surface area contributed by atoms with Crippen molar-refractivity contribution in [3.05, 3.63) is 71.8 Å². The molecule has 6 heteroatoms. The summed E-state index contributed by atoms with van der Waals surface area (Å²) < 4.78 is 7.52. The van der Waals surface area contributed by atoms with Gasteiger partial charge in [0.05, 0.1) is 12.7 Å². The molecule has 0 aliphatic rings. The molecule has 0 N–H and O–H groups in total. The number of para-hydroxylation sites is 1. The van der Waals surface area contributed by atoms with Crippen molar-refractivity contribution >= 4 is 23.4 Å². The number of allylic oxidation sites excluding steroid dienone is 1. The molecule has 1 heterocycles. The van der Waals surface area contributed by atoms with Crippen LogP contribution >= 0.6 is 23.4 Å². The number of rotatable bonds is 7. The van der Waals surface area contributed by atoms with Crippen LogP contribution in [0.5, 0.6) is 5.75 Å². The van der Waals surface area contributed by atoms with Crippen LogP contribution in [0.1, 0.15) is 17.7 Å². The Balaban J connectivity index is 1.97. The van der Waals surface area contributed by atoms with Crippen LogP contribution in [0.15, 0.2) is 66.3 Å². The van der Waals surface area contributed by atoms with Gasteiger partial charge < -0.3 is 4.74 Å². The number of thioether (sulfide) groups is 1. The first-order valence-electron chi connectivity index (χ1n) is 8.24. The second-order valence-corrected chi connectivity index (χ2v) is 7.40. The highest BCUT2D eigenvalue weighted by molar-refractivity contribution is 7.99. The molecule has 0 aliphatic carbocycles. The van der Waals surface area contributed by atoms with E-state index in [1.165, 1.54) is 0 Å². The van der Waals surface area contributed by atoms with Crippen LogP contribution in [0.2, 0.25) is 5.02 Å². The number of aromatic nitrogens is 3. The van der Waals surface area contributed by atoms with Gasteiger partial charge in [-0.05, 0) is 30.7 Å². The van der Waals surface area contributed by atoms with Gasteiger partial charge in [0.25, 0.3) is 0 Å². The highest BCUT2D eigenvalue weighted by Crippen LogP contribution is 2.39. The highest BCUT2D eigenvalue weighted by Gasteiger charge is 2.20. The Labute approximate surface area is 162 Å². The van der Waals surface area contributed by atoms with Crippen molar-refractivity contribution in [3.63, 3.8) is 0 Å². The molecule has 26 heavy (non-hydrogen) atoms. The van der Waals surface area contributed by atoms with Crippen molar-refractivity contribution in [1.82, 2.24) is 14.8 Å². The molecular weight excluding hydrogens is 366 g/mol. The monoisotopic (exact) mass is 385 g/mol.